The van der Waals surface area contributed by atoms with Crippen molar-refractivity contribution in [3.63, 3.8) is 0 Å². The molecule has 4 rings (SSSR count). The zero-order valence-electron chi connectivity index (χ0n) is 12.6. The fraction of sp³-hybridized carbons (Fsp3) is 0.294. The van der Waals surface area contributed by atoms with Crippen molar-refractivity contribution in [1.29, 1.82) is 0 Å². The van der Waals surface area contributed by atoms with E-state index in [9.17, 15) is 9.67 Å². The summed E-state index contributed by atoms with van der Waals surface area (Å²) in [5.41, 5.74) is 0.921. The SMILES string of the molecule is O=[P@]1(c2cc(Cl)ccc2O)N(c2ccccc2)C[C@@H]2CCCN21. The van der Waals surface area contributed by atoms with Gasteiger partial charge in [0.25, 0.3) is 7.44 Å². The van der Waals surface area contributed by atoms with Crippen LogP contribution in [0.15, 0.2) is 48.5 Å². The molecule has 2 fully saturated rings. The van der Waals surface area contributed by atoms with Crippen LogP contribution >= 0.6 is 19.0 Å². The predicted octanol–water partition coefficient (Wildman–Crippen LogP) is 3.85. The standard InChI is InChI=1S/C17H18ClN2O2P/c18-13-8-9-16(21)17(11-13)23(22)19-10-4-7-15(19)12-20(23)14-5-2-1-3-6-14/h1-3,5-6,8-9,11,15,21H,4,7,10,12H2/t15-,23-/m0/s1. The number of anilines is 1. The van der Waals surface area contributed by atoms with Gasteiger partial charge in [0.2, 0.25) is 0 Å². The van der Waals surface area contributed by atoms with Crippen molar-refractivity contribution in [3.05, 3.63) is 53.6 Å². The average molecular weight is 349 g/mol. The second kappa shape index (κ2) is 5.55. The van der Waals surface area contributed by atoms with Crippen LogP contribution in [-0.4, -0.2) is 28.9 Å². The third kappa shape index (κ3) is 2.28. The number of hydrogen-bond acceptors (Lipinski definition) is 2. The fourth-order valence-corrected chi connectivity index (χ4v) is 7.31. The van der Waals surface area contributed by atoms with Gasteiger partial charge in [0.15, 0.2) is 0 Å². The van der Waals surface area contributed by atoms with E-state index in [0.29, 0.717) is 16.9 Å². The number of benzene rings is 2. The zero-order chi connectivity index (χ0) is 16.0. The van der Waals surface area contributed by atoms with Crippen molar-refractivity contribution < 1.29 is 9.67 Å². The van der Waals surface area contributed by atoms with E-state index in [1.54, 1.807) is 12.1 Å². The Kier molecular flexibility index (Phi) is 3.64. The van der Waals surface area contributed by atoms with Crippen molar-refractivity contribution in [1.82, 2.24) is 4.67 Å². The van der Waals surface area contributed by atoms with Gasteiger partial charge in [-0.3, -0.25) is 4.57 Å². The Hall–Kier alpha value is -1.48. The van der Waals surface area contributed by atoms with Gasteiger partial charge in [-0.2, -0.15) is 0 Å². The van der Waals surface area contributed by atoms with Gasteiger partial charge in [-0.15, -0.1) is 0 Å². The molecule has 0 saturated carbocycles. The van der Waals surface area contributed by atoms with E-state index in [2.05, 4.69) is 4.67 Å². The van der Waals surface area contributed by atoms with Crippen LogP contribution in [0.2, 0.25) is 5.02 Å². The van der Waals surface area contributed by atoms with Crippen molar-refractivity contribution >= 4 is 30.0 Å². The lowest BCUT2D eigenvalue weighted by molar-refractivity contribution is 0.433. The third-order valence-electron chi connectivity index (χ3n) is 4.71. The van der Waals surface area contributed by atoms with E-state index >= 15 is 0 Å². The maximum absolute atomic E-state index is 14.2. The van der Waals surface area contributed by atoms with Gasteiger partial charge in [0.05, 0.1) is 5.30 Å². The molecule has 0 aromatic heterocycles. The van der Waals surface area contributed by atoms with Crippen LogP contribution in [0, 0.1) is 0 Å². The normalized spacial score (nSPS) is 27.3. The van der Waals surface area contributed by atoms with Crippen molar-refractivity contribution in [2.45, 2.75) is 18.9 Å². The average Bonchev–Trinajstić information content (AvgIpc) is 3.13. The lowest BCUT2D eigenvalue weighted by Gasteiger charge is -2.31. The van der Waals surface area contributed by atoms with E-state index in [0.717, 1.165) is 25.1 Å². The Bertz CT molecular complexity index is 783. The number of aromatic hydroxyl groups is 1. The molecule has 2 aliphatic rings. The maximum atomic E-state index is 14.2. The highest BCUT2D eigenvalue weighted by atomic mass is 35.5. The Morgan fingerprint density at radius 3 is 2.74 bits per heavy atom. The highest BCUT2D eigenvalue weighted by Crippen LogP contribution is 2.63. The van der Waals surface area contributed by atoms with E-state index in [-0.39, 0.29) is 11.8 Å². The molecule has 6 heteroatoms. The minimum Gasteiger partial charge on any atom is -0.507 e. The summed E-state index contributed by atoms with van der Waals surface area (Å²) in [4.78, 5) is 0. The van der Waals surface area contributed by atoms with Gasteiger partial charge >= 0.3 is 0 Å². The first-order valence-electron chi connectivity index (χ1n) is 7.80. The Morgan fingerprint density at radius 2 is 1.96 bits per heavy atom. The molecule has 2 aromatic carbocycles. The molecule has 0 bridgehead atoms. The minimum atomic E-state index is -3.09. The first-order valence-corrected chi connectivity index (χ1v) is 9.79. The molecule has 0 amide bonds. The number of para-hydroxylation sites is 1. The zero-order valence-corrected chi connectivity index (χ0v) is 14.3. The lowest BCUT2D eigenvalue weighted by Crippen LogP contribution is -2.27. The topological polar surface area (TPSA) is 43.8 Å². The number of phenols is 1. The van der Waals surface area contributed by atoms with Crippen LogP contribution < -0.4 is 9.97 Å². The van der Waals surface area contributed by atoms with Crippen LogP contribution in [0.5, 0.6) is 5.75 Å². The molecule has 0 unspecified atom stereocenters. The van der Waals surface area contributed by atoms with Gasteiger partial charge in [0.1, 0.15) is 5.75 Å². The van der Waals surface area contributed by atoms with E-state index in [1.165, 1.54) is 6.07 Å². The molecule has 2 aliphatic heterocycles. The first-order chi connectivity index (χ1) is 11.1. The summed E-state index contributed by atoms with van der Waals surface area (Å²) in [5.74, 6) is 0.0474. The molecular weight excluding hydrogens is 331 g/mol. The molecule has 23 heavy (non-hydrogen) atoms. The highest BCUT2D eigenvalue weighted by molar-refractivity contribution is 7.71. The third-order valence-corrected chi connectivity index (χ3v) is 8.20. The minimum absolute atomic E-state index is 0.0474. The molecule has 1 N–H and O–H groups in total. The summed E-state index contributed by atoms with van der Waals surface area (Å²) in [5, 5.41) is 11.3. The number of fused-ring (bicyclic) bond motifs is 1. The summed E-state index contributed by atoms with van der Waals surface area (Å²) in [6, 6.07) is 14.8. The second-order valence-electron chi connectivity index (χ2n) is 6.05. The van der Waals surface area contributed by atoms with E-state index < -0.39 is 7.44 Å². The van der Waals surface area contributed by atoms with Gasteiger partial charge in [-0.25, -0.2) is 4.67 Å². The summed E-state index contributed by atoms with van der Waals surface area (Å²) in [7, 11) is -3.09. The number of hydrogen-bond donors (Lipinski definition) is 1. The molecule has 0 radical (unpaired) electrons. The Balaban J connectivity index is 1.90. The maximum Gasteiger partial charge on any atom is 0.273 e. The molecule has 2 heterocycles. The van der Waals surface area contributed by atoms with E-state index in [1.807, 2.05) is 35.0 Å². The number of nitrogens with zero attached hydrogens (tertiary/aromatic N) is 2. The summed E-state index contributed by atoms with van der Waals surface area (Å²) in [6.07, 6.45) is 2.08. The quantitative estimate of drug-likeness (QED) is 0.837. The molecule has 0 aliphatic carbocycles. The monoisotopic (exact) mass is 348 g/mol. The predicted molar refractivity (Wildman–Crippen MR) is 93.9 cm³/mol. The Morgan fingerprint density at radius 1 is 1.17 bits per heavy atom. The summed E-state index contributed by atoms with van der Waals surface area (Å²) in [6.45, 7) is 1.50. The van der Waals surface area contributed by atoms with Crippen LogP contribution in [0.3, 0.4) is 0 Å². The van der Waals surface area contributed by atoms with Gasteiger partial charge in [0, 0.05) is 29.8 Å². The molecule has 2 saturated heterocycles. The fourth-order valence-electron chi connectivity index (χ4n) is 3.67. The summed E-state index contributed by atoms with van der Waals surface area (Å²) < 4.78 is 18.2. The molecule has 2 aromatic rings. The lowest BCUT2D eigenvalue weighted by atomic mass is 10.2. The molecular formula is C17H18ClN2O2P. The van der Waals surface area contributed by atoms with Crippen LogP contribution in [0.1, 0.15) is 12.8 Å². The molecule has 4 nitrogen and oxygen atoms in total. The van der Waals surface area contributed by atoms with Gasteiger partial charge < -0.3 is 9.78 Å². The Labute approximate surface area is 140 Å². The summed E-state index contributed by atoms with van der Waals surface area (Å²) >= 11 is 6.12. The molecule has 120 valence electrons. The van der Waals surface area contributed by atoms with Crippen molar-refractivity contribution in [2.75, 3.05) is 17.8 Å². The smallest absolute Gasteiger partial charge is 0.273 e. The second-order valence-corrected chi connectivity index (χ2v) is 9.06. The van der Waals surface area contributed by atoms with Crippen LogP contribution in [0.4, 0.5) is 5.69 Å². The number of halogens is 1. The van der Waals surface area contributed by atoms with Crippen molar-refractivity contribution in [2.24, 2.45) is 0 Å². The van der Waals surface area contributed by atoms with E-state index in [4.69, 9.17) is 11.6 Å². The molecule has 2 atom stereocenters. The molecule has 0 spiro atoms. The van der Waals surface area contributed by atoms with Crippen LogP contribution in [0.25, 0.3) is 0 Å². The number of phenolic OH excluding ortho intramolecular Hbond substituents is 1. The van der Waals surface area contributed by atoms with Gasteiger partial charge in [-0.1, -0.05) is 29.8 Å². The van der Waals surface area contributed by atoms with Gasteiger partial charge in [-0.05, 0) is 43.2 Å². The first kappa shape index (κ1) is 15.1. The largest absolute Gasteiger partial charge is 0.507 e. The number of rotatable bonds is 2. The van der Waals surface area contributed by atoms with Crippen molar-refractivity contribution in [3.8, 4) is 5.75 Å². The van der Waals surface area contributed by atoms with Crippen LogP contribution in [-0.2, 0) is 4.57 Å². The highest BCUT2D eigenvalue weighted by Gasteiger charge is 2.52.